The molecule has 21 heavy (non-hydrogen) atoms. The average Bonchev–Trinajstić information content (AvgIpc) is 2.11. The van der Waals surface area contributed by atoms with E-state index < -0.39 is 54.9 Å². The van der Waals surface area contributed by atoms with Crippen molar-refractivity contribution < 1.29 is 48.3 Å². The minimum atomic E-state index is -6.17. The van der Waals surface area contributed by atoms with Crippen molar-refractivity contribution in [2.45, 2.75) is 50.6 Å². The average molecular weight is 338 g/mol. The normalized spacial score (nSPS) is 19.7. The van der Waals surface area contributed by atoms with E-state index in [2.05, 4.69) is 0 Å². The summed E-state index contributed by atoms with van der Waals surface area (Å²) in [5.41, 5.74) is -16.0. The lowest BCUT2D eigenvalue weighted by molar-refractivity contribution is -0.245. The molecule has 0 rings (SSSR count). The van der Waals surface area contributed by atoms with Crippen LogP contribution in [0.25, 0.3) is 0 Å². The summed E-state index contributed by atoms with van der Waals surface area (Å²) < 4.78 is 139. The van der Waals surface area contributed by atoms with Gasteiger partial charge in [0.05, 0.1) is 0 Å². The SMILES string of the molecule is CC(=C(C(C)(F)C(F)(F)F)C(C)(F)C(F)(F)F)C(F)(F)F. The van der Waals surface area contributed by atoms with Crippen molar-refractivity contribution in [3.8, 4) is 0 Å². The van der Waals surface area contributed by atoms with Gasteiger partial charge in [0, 0.05) is 11.1 Å². The Morgan fingerprint density at radius 2 is 0.810 bits per heavy atom. The maximum atomic E-state index is 13.6. The Balaban J connectivity index is 6.64. The van der Waals surface area contributed by atoms with Crippen LogP contribution in [0.4, 0.5) is 48.3 Å². The van der Waals surface area contributed by atoms with Gasteiger partial charge in [0.2, 0.25) is 11.3 Å². The molecule has 0 bridgehead atoms. The molecule has 0 aliphatic heterocycles. The molecule has 2 atom stereocenters. The highest BCUT2D eigenvalue weighted by Crippen LogP contribution is 2.53. The Hall–Kier alpha value is -1.03. The highest BCUT2D eigenvalue weighted by molar-refractivity contribution is 5.36. The van der Waals surface area contributed by atoms with Gasteiger partial charge in [-0.25, -0.2) is 8.78 Å². The molecule has 0 aliphatic carbocycles. The van der Waals surface area contributed by atoms with E-state index in [9.17, 15) is 48.3 Å². The number of allylic oxidation sites excluding steroid dienone is 2. The molecule has 126 valence electrons. The van der Waals surface area contributed by atoms with Crippen LogP contribution >= 0.6 is 0 Å². The summed E-state index contributed by atoms with van der Waals surface area (Å²) in [6.45, 7) is -1.44. The molecule has 0 heterocycles. The van der Waals surface area contributed by atoms with Crippen molar-refractivity contribution in [1.29, 1.82) is 0 Å². The van der Waals surface area contributed by atoms with Crippen molar-refractivity contribution in [3.63, 3.8) is 0 Å². The van der Waals surface area contributed by atoms with Gasteiger partial charge in [0.25, 0.3) is 0 Å². The third-order valence-corrected chi connectivity index (χ3v) is 2.80. The van der Waals surface area contributed by atoms with Gasteiger partial charge in [0.15, 0.2) is 0 Å². The summed E-state index contributed by atoms with van der Waals surface area (Å²) in [5.74, 6) is 0. The second kappa shape index (κ2) is 5.01. The first kappa shape index (κ1) is 20.0. The van der Waals surface area contributed by atoms with Crippen LogP contribution in [0.1, 0.15) is 20.8 Å². The predicted molar refractivity (Wildman–Crippen MR) is 49.9 cm³/mol. The van der Waals surface area contributed by atoms with Crippen LogP contribution in [0.2, 0.25) is 0 Å². The standard InChI is InChI=1S/C10H9F11/c1-4(8(13,14)15)5(6(2,11)9(16,17)18)7(3,12)10(19,20)21/h1-3H3. The van der Waals surface area contributed by atoms with Crippen LogP contribution < -0.4 is 0 Å². The van der Waals surface area contributed by atoms with Crippen LogP contribution in [0, 0.1) is 0 Å². The molecule has 0 aromatic carbocycles. The maximum absolute atomic E-state index is 13.6. The fourth-order valence-corrected chi connectivity index (χ4v) is 1.57. The first-order valence-corrected chi connectivity index (χ1v) is 5.08. The van der Waals surface area contributed by atoms with Gasteiger partial charge >= 0.3 is 18.5 Å². The van der Waals surface area contributed by atoms with Crippen molar-refractivity contribution >= 4 is 0 Å². The van der Waals surface area contributed by atoms with E-state index in [1.165, 1.54) is 0 Å². The molecule has 0 N–H and O–H groups in total. The Morgan fingerprint density at radius 1 is 0.571 bits per heavy atom. The molecule has 0 saturated carbocycles. The van der Waals surface area contributed by atoms with Gasteiger partial charge in [-0.05, 0) is 20.8 Å². The molecule has 0 aromatic rings. The molecule has 0 amide bonds. The number of hydrogen-bond acceptors (Lipinski definition) is 0. The van der Waals surface area contributed by atoms with E-state index in [0.717, 1.165) is 0 Å². The fraction of sp³-hybridized carbons (Fsp3) is 0.800. The molecule has 0 radical (unpaired) electrons. The molecule has 0 fully saturated rings. The highest BCUT2D eigenvalue weighted by atomic mass is 19.4. The lowest BCUT2D eigenvalue weighted by atomic mass is 9.81. The van der Waals surface area contributed by atoms with E-state index >= 15 is 0 Å². The van der Waals surface area contributed by atoms with Gasteiger partial charge in [-0.15, -0.1) is 0 Å². The summed E-state index contributed by atoms with van der Waals surface area (Å²) in [5, 5.41) is 0. The molecule has 0 aliphatic rings. The van der Waals surface area contributed by atoms with Crippen LogP contribution in [-0.2, 0) is 0 Å². The minimum Gasteiger partial charge on any atom is -0.229 e. The van der Waals surface area contributed by atoms with Gasteiger partial charge < -0.3 is 0 Å². The van der Waals surface area contributed by atoms with Crippen LogP contribution in [-0.4, -0.2) is 29.9 Å². The van der Waals surface area contributed by atoms with Crippen LogP contribution in [0.5, 0.6) is 0 Å². The summed E-state index contributed by atoms with van der Waals surface area (Å²) in [6.07, 6.45) is -18.1. The lowest BCUT2D eigenvalue weighted by Gasteiger charge is -2.36. The largest absolute Gasteiger partial charge is 0.426 e. The highest BCUT2D eigenvalue weighted by Gasteiger charge is 2.68. The van der Waals surface area contributed by atoms with Gasteiger partial charge in [-0.3, -0.25) is 0 Å². The number of rotatable bonds is 2. The van der Waals surface area contributed by atoms with Crippen molar-refractivity contribution in [1.82, 2.24) is 0 Å². The third kappa shape index (κ3) is 3.60. The van der Waals surface area contributed by atoms with Crippen molar-refractivity contribution in [3.05, 3.63) is 11.1 Å². The molecule has 11 heteroatoms. The number of halogens is 11. The van der Waals surface area contributed by atoms with Gasteiger partial charge in [-0.1, -0.05) is 0 Å². The Bertz CT molecular complexity index is 388. The zero-order valence-electron chi connectivity index (χ0n) is 10.7. The fourth-order valence-electron chi connectivity index (χ4n) is 1.57. The van der Waals surface area contributed by atoms with E-state index in [-0.39, 0.29) is 6.92 Å². The van der Waals surface area contributed by atoms with Crippen molar-refractivity contribution in [2.24, 2.45) is 0 Å². The van der Waals surface area contributed by atoms with E-state index in [4.69, 9.17) is 0 Å². The quantitative estimate of drug-likeness (QED) is 0.464. The topological polar surface area (TPSA) is 0 Å². The molecule has 0 spiro atoms. The summed E-state index contributed by atoms with van der Waals surface area (Å²) in [7, 11) is 0. The van der Waals surface area contributed by atoms with Gasteiger partial charge in [0.1, 0.15) is 0 Å². The van der Waals surface area contributed by atoms with E-state index in [1.54, 1.807) is 0 Å². The molecule has 0 saturated heterocycles. The Morgan fingerprint density at radius 3 is 0.952 bits per heavy atom. The van der Waals surface area contributed by atoms with E-state index in [1.807, 2.05) is 0 Å². The minimum absolute atomic E-state index is 0.248. The Kier molecular flexibility index (Phi) is 4.76. The zero-order valence-corrected chi connectivity index (χ0v) is 10.7. The smallest absolute Gasteiger partial charge is 0.229 e. The Labute approximate surface area is 111 Å². The predicted octanol–water partition coefficient (Wildman–Crippen LogP) is 5.45. The summed E-state index contributed by atoms with van der Waals surface area (Å²) in [6, 6.07) is 0. The van der Waals surface area contributed by atoms with Crippen LogP contribution in [0.15, 0.2) is 11.1 Å². The maximum Gasteiger partial charge on any atom is 0.426 e. The molecular formula is C10H9F11. The lowest BCUT2D eigenvalue weighted by Crippen LogP contribution is -2.53. The molecule has 0 aromatic heterocycles. The summed E-state index contributed by atoms with van der Waals surface area (Å²) >= 11 is 0. The molecule has 2 unspecified atom stereocenters. The molecular weight excluding hydrogens is 329 g/mol. The number of hydrogen-bond donors (Lipinski definition) is 0. The second-order valence-electron chi connectivity index (χ2n) is 4.50. The monoisotopic (exact) mass is 338 g/mol. The zero-order chi connectivity index (χ0) is 17.7. The molecule has 0 nitrogen and oxygen atoms in total. The van der Waals surface area contributed by atoms with Crippen molar-refractivity contribution in [2.75, 3.05) is 0 Å². The second-order valence-corrected chi connectivity index (χ2v) is 4.50. The summed E-state index contributed by atoms with van der Waals surface area (Å²) in [4.78, 5) is 0. The first-order chi connectivity index (χ1) is 8.78. The van der Waals surface area contributed by atoms with E-state index in [0.29, 0.717) is 0 Å². The number of alkyl halides is 11. The van der Waals surface area contributed by atoms with Gasteiger partial charge in [-0.2, -0.15) is 39.5 Å². The first-order valence-electron chi connectivity index (χ1n) is 5.08. The van der Waals surface area contributed by atoms with Crippen LogP contribution in [0.3, 0.4) is 0 Å². The third-order valence-electron chi connectivity index (χ3n) is 2.80.